The first-order valence-corrected chi connectivity index (χ1v) is 5.60. The van der Waals surface area contributed by atoms with E-state index in [0.717, 1.165) is 9.77 Å². The van der Waals surface area contributed by atoms with Crippen LogP contribution in [0.3, 0.4) is 0 Å². The van der Waals surface area contributed by atoms with Crippen molar-refractivity contribution in [2.24, 2.45) is 0 Å². The number of hydrogen-bond donors (Lipinski definition) is 1. The summed E-state index contributed by atoms with van der Waals surface area (Å²) in [4.78, 5) is 13.1. The molecule has 0 aliphatic heterocycles. The lowest BCUT2D eigenvalue weighted by Crippen LogP contribution is -1.97. The van der Waals surface area contributed by atoms with E-state index in [1.807, 2.05) is 13.2 Å². The molecular formula is C8H10O3S2. The van der Waals surface area contributed by atoms with Crippen molar-refractivity contribution in [1.82, 2.24) is 0 Å². The van der Waals surface area contributed by atoms with Crippen LogP contribution in [0.1, 0.15) is 14.5 Å². The average Bonchev–Trinajstić information content (AvgIpc) is 2.40. The lowest BCUT2D eigenvalue weighted by molar-refractivity contribution is 0.0603. The molecule has 1 rings (SSSR count). The quantitative estimate of drug-likeness (QED) is 0.611. The van der Waals surface area contributed by atoms with E-state index < -0.39 is 5.97 Å². The molecule has 1 heterocycles. The maximum atomic E-state index is 11.1. The highest BCUT2D eigenvalue weighted by Crippen LogP contribution is 2.40. The van der Waals surface area contributed by atoms with Crippen molar-refractivity contribution in [3.05, 3.63) is 9.75 Å². The summed E-state index contributed by atoms with van der Waals surface area (Å²) in [5, 5.41) is 9.60. The molecule has 0 aliphatic carbocycles. The van der Waals surface area contributed by atoms with Crippen molar-refractivity contribution >= 4 is 29.1 Å². The van der Waals surface area contributed by atoms with Gasteiger partial charge in [-0.3, -0.25) is 0 Å². The molecule has 0 saturated heterocycles. The molecule has 0 spiro atoms. The number of ether oxygens (including phenoxy) is 1. The third kappa shape index (κ3) is 1.81. The van der Waals surface area contributed by atoms with E-state index in [1.54, 1.807) is 0 Å². The summed E-state index contributed by atoms with van der Waals surface area (Å²) in [7, 11) is 1.30. The van der Waals surface area contributed by atoms with Gasteiger partial charge in [-0.15, -0.1) is 23.1 Å². The fourth-order valence-electron chi connectivity index (χ4n) is 0.989. The van der Waals surface area contributed by atoms with Gasteiger partial charge in [-0.05, 0) is 13.2 Å². The standard InChI is InChI=1S/C8H10O3S2/c1-4-6(12-3)5(9)7(13-4)8(10)11-2/h9H,1-3H3. The summed E-state index contributed by atoms with van der Waals surface area (Å²) in [6.07, 6.45) is 1.86. The number of esters is 1. The molecule has 0 amide bonds. The summed E-state index contributed by atoms with van der Waals surface area (Å²) in [6, 6.07) is 0. The number of rotatable bonds is 2. The summed E-state index contributed by atoms with van der Waals surface area (Å²) in [5.41, 5.74) is 0. The molecule has 72 valence electrons. The number of thiophene rings is 1. The molecule has 0 unspecified atom stereocenters. The molecule has 0 saturated carbocycles. The van der Waals surface area contributed by atoms with Gasteiger partial charge >= 0.3 is 5.97 Å². The van der Waals surface area contributed by atoms with Crippen LogP contribution in [0.15, 0.2) is 4.90 Å². The molecule has 1 N–H and O–H groups in total. The number of aryl methyl sites for hydroxylation is 1. The van der Waals surface area contributed by atoms with Crippen LogP contribution in [0.25, 0.3) is 0 Å². The average molecular weight is 218 g/mol. The van der Waals surface area contributed by atoms with Crippen molar-refractivity contribution in [3.8, 4) is 5.75 Å². The predicted octanol–water partition coefficient (Wildman–Crippen LogP) is 2.27. The minimum atomic E-state index is -0.481. The first-order valence-electron chi connectivity index (χ1n) is 3.56. The van der Waals surface area contributed by atoms with Gasteiger partial charge in [0.1, 0.15) is 0 Å². The molecule has 5 heteroatoms. The topological polar surface area (TPSA) is 46.5 Å². The van der Waals surface area contributed by atoms with Crippen molar-refractivity contribution in [2.45, 2.75) is 11.8 Å². The normalized spacial score (nSPS) is 10.1. The van der Waals surface area contributed by atoms with E-state index in [2.05, 4.69) is 4.74 Å². The van der Waals surface area contributed by atoms with Gasteiger partial charge in [0.15, 0.2) is 10.6 Å². The number of aromatic hydroxyl groups is 1. The second-order valence-electron chi connectivity index (χ2n) is 2.36. The monoisotopic (exact) mass is 218 g/mol. The zero-order valence-electron chi connectivity index (χ0n) is 7.58. The minimum Gasteiger partial charge on any atom is -0.505 e. The zero-order valence-corrected chi connectivity index (χ0v) is 9.21. The van der Waals surface area contributed by atoms with E-state index in [4.69, 9.17) is 0 Å². The number of thioether (sulfide) groups is 1. The van der Waals surface area contributed by atoms with Gasteiger partial charge in [0.2, 0.25) is 0 Å². The molecule has 0 radical (unpaired) electrons. The number of carbonyl (C=O) groups is 1. The largest absolute Gasteiger partial charge is 0.505 e. The van der Waals surface area contributed by atoms with Crippen LogP contribution in [0.2, 0.25) is 0 Å². The van der Waals surface area contributed by atoms with Crippen molar-refractivity contribution < 1.29 is 14.6 Å². The molecule has 1 aromatic rings. The van der Waals surface area contributed by atoms with E-state index in [-0.39, 0.29) is 10.6 Å². The van der Waals surface area contributed by atoms with Crippen LogP contribution in [0.4, 0.5) is 0 Å². The Morgan fingerprint density at radius 2 is 2.23 bits per heavy atom. The van der Waals surface area contributed by atoms with Crippen LogP contribution in [0, 0.1) is 6.92 Å². The van der Waals surface area contributed by atoms with E-state index >= 15 is 0 Å². The Morgan fingerprint density at radius 3 is 2.62 bits per heavy atom. The van der Waals surface area contributed by atoms with Crippen LogP contribution in [-0.4, -0.2) is 24.4 Å². The van der Waals surface area contributed by atoms with Gasteiger partial charge in [-0.25, -0.2) is 4.79 Å². The first-order chi connectivity index (χ1) is 6.11. The lowest BCUT2D eigenvalue weighted by Gasteiger charge is -1.96. The Balaban J connectivity index is 3.18. The number of hydrogen-bond acceptors (Lipinski definition) is 5. The third-order valence-corrected chi connectivity index (χ3v) is 3.69. The van der Waals surface area contributed by atoms with Gasteiger partial charge in [-0.2, -0.15) is 0 Å². The number of methoxy groups -OCH3 is 1. The Labute approximate surface area is 84.7 Å². The summed E-state index contributed by atoms with van der Waals surface area (Å²) < 4.78 is 4.53. The Kier molecular flexibility index (Phi) is 3.22. The maximum Gasteiger partial charge on any atom is 0.351 e. The molecule has 3 nitrogen and oxygen atoms in total. The Morgan fingerprint density at radius 1 is 1.62 bits per heavy atom. The number of carbonyl (C=O) groups excluding carboxylic acids is 1. The predicted molar refractivity (Wildman–Crippen MR) is 53.8 cm³/mol. The lowest BCUT2D eigenvalue weighted by atomic mass is 10.4. The minimum absolute atomic E-state index is 0.0434. The molecular weight excluding hydrogens is 208 g/mol. The summed E-state index contributed by atoms with van der Waals surface area (Å²) in [5.74, 6) is -0.437. The maximum absolute atomic E-state index is 11.1. The second-order valence-corrected chi connectivity index (χ2v) is 4.40. The van der Waals surface area contributed by atoms with Crippen molar-refractivity contribution in [2.75, 3.05) is 13.4 Å². The molecule has 0 fully saturated rings. The molecule has 0 aromatic carbocycles. The fraction of sp³-hybridized carbons (Fsp3) is 0.375. The van der Waals surface area contributed by atoms with Gasteiger partial charge in [0.05, 0.1) is 12.0 Å². The van der Waals surface area contributed by atoms with E-state index in [0.29, 0.717) is 0 Å². The molecule has 0 bridgehead atoms. The van der Waals surface area contributed by atoms with Crippen LogP contribution in [0.5, 0.6) is 5.75 Å². The molecule has 13 heavy (non-hydrogen) atoms. The van der Waals surface area contributed by atoms with Gasteiger partial charge in [-0.1, -0.05) is 0 Å². The van der Waals surface area contributed by atoms with Gasteiger partial charge in [0, 0.05) is 4.88 Å². The van der Waals surface area contributed by atoms with Crippen molar-refractivity contribution in [3.63, 3.8) is 0 Å². The van der Waals surface area contributed by atoms with Crippen LogP contribution in [-0.2, 0) is 4.74 Å². The smallest absolute Gasteiger partial charge is 0.351 e. The first kappa shape index (κ1) is 10.4. The zero-order chi connectivity index (χ0) is 10.0. The Bertz CT molecular complexity index is 330. The van der Waals surface area contributed by atoms with E-state index in [1.165, 1.54) is 30.2 Å². The highest BCUT2D eigenvalue weighted by Gasteiger charge is 2.20. The van der Waals surface area contributed by atoms with Crippen LogP contribution >= 0.6 is 23.1 Å². The highest BCUT2D eigenvalue weighted by atomic mass is 32.2. The third-order valence-electron chi connectivity index (χ3n) is 1.58. The molecule has 1 aromatic heterocycles. The molecule has 0 atom stereocenters. The summed E-state index contributed by atoms with van der Waals surface area (Å²) in [6.45, 7) is 1.86. The SMILES string of the molecule is COC(=O)c1sc(C)c(SC)c1O. The Hall–Kier alpha value is -0.680. The highest BCUT2D eigenvalue weighted by molar-refractivity contribution is 7.98. The van der Waals surface area contributed by atoms with Crippen LogP contribution < -0.4 is 0 Å². The van der Waals surface area contributed by atoms with Gasteiger partial charge in [0.25, 0.3) is 0 Å². The van der Waals surface area contributed by atoms with E-state index in [9.17, 15) is 9.90 Å². The summed E-state index contributed by atoms with van der Waals surface area (Å²) >= 11 is 2.68. The second kappa shape index (κ2) is 4.02. The van der Waals surface area contributed by atoms with Gasteiger partial charge < -0.3 is 9.84 Å². The van der Waals surface area contributed by atoms with Crippen molar-refractivity contribution in [1.29, 1.82) is 0 Å². The fourth-order valence-corrected chi connectivity index (χ4v) is 2.87. The molecule has 0 aliphatic rings.